The molecular weight excluding hydrogens is 170 g/mol. The van der Waals surface area contributed by atoms with E-state index in [-0.39, 0.29) is 18.5 Å². The molecule has 68 valence electrons. The van der Waals surface area contributed by atoms with Crippen LogP contribution in [-0.2, 0) is 11.3 Å². The van der Waals surface area contributed by atoms with Gasteiger partial charge in [-0.15, -0.1) is 11.5 Å². The van der Waals surface area contributed by atoms with Gasteiger partial charge in [0.15, 0.2) is 0 Å². The van der Waals surface area contributed by atoms with Gasteiger partial charge in [0.1, 0.15) is 12.9 Å². The van der Waals surface area contributed by atoms with Gasteiger partial charge in [0.2, 0.25) is 5.91 Å². The fraction of sp³-hybridized carbons (Fsp3) is 0.429. The van der Waals surface area contributed by atoms with E-state index in [1.807, 2.05) is 0 Å². The molecule has 13 heavy (non-hydrogen) atoms. The SMILES string of the molecule is C#CC(C)NC(=O)Cn1cnnn1. The van der Waals surface area contributed by atoms with Crippen molar-refractivity contribution >= 4 is 5.91 Å². The van der Waals surface area contributed by atoms with Gasteiger partial charge in [-0.3, -0.25) is 4.79 Å². The number of hydrogen-bond donors (Lipinski definition) is 1. The highest BCUT2D eigenvalue weighted by Crippen LogP contribution is 1.81. The summed E-state index contributed by atoms with van der Waals surface area (Å²) < 4.78 is 1.32. The second-order valence-corrected chi connectivity index (χ2v) is 2.46. The fourth-order valence-electron chi connectivity index (χ4n) is 0.729. The Morgan fingerprint density at radius 1 is 1.85 bits per heavy atom. The zero-order chi connectivity index (χ0) is 9.68. The molecule has 0 spiro atoms. The molecule has 6 heteroatoms. The summed E-state index contributed by atoms with van der Waals surface area (Å²) in [5.41, 5.74) is 0. The monoisotopic (exact) mass is 179 g/mol. The maximum absolute atomic E-state index is 11.2. The molecule has 0 bridgehead atoms. The number of carbonyl (C=O) groups is 1. The summed E-state index contributed by atoms with van der Waals surface area (Å²) in [7, 11) is 0. The number of tetrazole rings is 1. The molecule has 1 heterocycles. The lowest BCUT2D eigenvalue weighted by Crippen LogP contribution is -2.34. The van der Waals surface area contributed by atoms with Crippen LogP contribution in [-0.4, -0.2) is 32.2 Å². The van der Waals surface area contributed by atoms with Crippen molar-refractivity contribution in [1.29, 1.82) is 0 Å². The maximum atomic E-state index is 11.2. The lowest BCUT2D eigenvalue weighted by molar-refractivity contribution is -0.122. The number of carbonyl (C=O) groups excluding carboxylic acids is 1. The Morgan fingerprint density at radius 3 is 3.15 bits per heavy atom. The summed E-state index contributed by atoms with van der Waals surface area (Å²) in [6.07, 6.45) is 6.44. The van der Waals surface area contributed by atoms with Crippen molar-refractivity contribution in [3.8, 4) is 12.3 Å². The van der Waals surface area contributed by atoms with E-state index in [2.05, 4.69) is 26.8 Å². The Kier molecular flexibility index (Phi) is 2.97. The van der Waals surface area contributed by atoms with Crippen LogP contribution in [0, 0.1) is 12.3 Å². The molecule has 0 radical (unpaired) electrons. The third-order valence-corrected chi connectivity index (χ3v) is 1.32. The standard InChI is InChI=1S/C7H9N5O/c1-3-6(2)9-7(13)4-12-5-8-10-11-12/h1,5-6H,4H2,2H3,(H,9,13). The number of nitrogens with zero attached hydrogens (tertiary/aromatic N) is 4. The Hall–Kier alpha value is -1.90. The number of terminal acetylenes is 1. The minimum atomic E-state index is -0.274. The van der Waals surface area contributed by atoms with Crippen LogP contribution in [0.4, 0.5) is 0 Å². The summed E-state index contributed by atoms with van der Waals surface area (Å²) >= 11 is 0. The highest BCUT2D eigenvalue weighted by Gasteiger charge is 2.05. The number of nitrogens with one attached hydrogen (secondary N) is 1. The molecule has 1 atom stereocenters. The van der Waals surface area contributed by atoms with Gasteiger partial charge in [0, 0.05) is 0 Å². The Labute approximate surface area is 75.3 Å². The van der Waals surface area contributed by atoms with E-state index in [4.69, 9.17) is 6.42 Å². The number of hydrogen-bond acceptors (Lipinski definition) is 4. The van der Waals surface area contributed by atoms with Gasteiger partial charge in [-0.25, -0.2) is 4.68 Å². The predicted octanol–water partition coefficient (Wildman–Crippen LogP) is -1.19. The van der Waals surface area contributed by atoms with Gasteiger partial charge in [-0.05, 0) is 17.4 Å². The first-order chi connectivity index (χ1) is 6.22. The zero-order valence-corrected chi connectivity index (χ0v) is 7.14. The first-order valence-corrected chi connectivity index (χ1v) is 3.68. The summed E-state index contributed by atoms with van der Waals surface area (Å²) in [6, 6.07) is -0.274. The fourth-order valence-corrected chi connectivity index (χ4v) is 0.729. The molecule has 0 saturated heterocycles. The van der Waals surface area contributed by atoms with Crippen LogP contribution in [0.5, 0.6) is 0 Å². The van der Waals surface area contributed by atoms with Gasteiger partial charge in [-0.1, -0.05) is 5.92 Å². The highest BCUT2D eigenvalue weighted by atomic mass is 16.2. The maximum Gasteiger partial charge on any atom is 0.242 e. The van der Waals surface area contributed by atoms with Crippen LogP contribution in [0.1, 0.15) is 6.92 Å². The zero-order valence-electron chi connectivity index (χ0n) is 7.14. The minimum absolute atomic E-state index is 0.0824. The van der Waals surface area contributed by atoms with E-state index < -0.39 is 0 Å². The van der Waals surface area contributed by atoms with Crippen molar-refractivity contribution in [2.45, 2.75) is 19.5 Å². The summed E-state index contributed by atoms with van der Waals surface area (Å²) in [4.78, 5) is 11.2. The largest absolute Gasteiger partial charge is 0.341 e. The molecule has 0 fully saturated rings. The molecule has 0 aromatic carbocycles. The first-order valence-electron chi connectivity index (χ1n) is 3.68. The first kappa shape index (κ1) is 9.19. The lowest BCUT2D eigenvalue weighted by Gasteiger charge is -2.06. The van der Waals surface area contributed by atoms with Crippen molar-refractivity contribution in [1.82, 2.24) is 25.5 Å². The summed E-state index contributed by atoms with van der Waals surface area (Å²) in [6.45, 7) is 1.80. The second kappa shape index (κ2) is 4.21. The quantitative estimate of drug-likeness (QED) is 0.592. The second-order valence-electron chi connectivity index (χ2n) is 2.46. The van der Waals surface area contributed by atoms with Crippen LogP contribution in [0.2, 0.25) is 0 Å². The van der Waals surface area contributed by atoms with Crippen LogP contribution in [0.15, 0.2) is 6.33 Å². The third kappa shape index (κ3) is 2.91. The number of aromatic nitrogens is 4. The summed E-state index contributed by atoms with van der Waals surface area (Å²) in [5, 5.41) is 12.9. The minimum Gasteiger partial charge on any atom is -0.341 e. The smallest absolute Gasteiger partial charge is 0.242 e. The van der Waals surface area contributed by atoms with Crippen molar-refractivity contribution in [2.24, 2.45) is 0 Å². The van der Waals surface area contributed by atoms with Crippen LogP contribution in [0.3, 0.4) is 0 Å². The highest BCUT2D eigenvalue weighted by molar-refractivity contribution is 5.76. The van der Waals surface area contributed by atoms with Crippen LogP contribution < -0.4 is 5.32 Å². The Balaban J connectivity index is 2.39. The van der Waals surface area contributed by atoms with Gasteiger partial charge >= 0.3 is 0 Å². The molecule has 0 aliphatic carbocycles. The van der Waals surface area contributed by atoms with E-state index >= 15 is 0 Å². The normalized spacial score (nSPS) is 11.7. The average Bonchev–Trinajstić information content (AvgIpc) is 2.56. The molecule has 1 aromatic heterocycles. The van der Waals surface area contributed by atoms with Crippen molar-refractivity contribution < 1.29 is 4.79 Å². The van der Waals surface area contributed by atoms with Gasteiger partial charge in [-0.2, -0.15) is 0 Å². The Morgan fingerprint density at radius 2 is 2.62 bits per heavy atom. The number of rotatable bonds is 3. The summed E-state index contributed by atoms with van der Waals surface area (Å²) in [5.74, 6) is 2.17. The molecule has 1 rings (SSSR count). The third-order valence-electron chi connectivity index (χ3n) is 1.32. The van der Waals surface area contributed by atoms with Gasteiger partial charge < -0.3 is 5.32 Å². The van der Waals surface area contributed by atoms with Crippen molar-refractivity contribution in [2.75, 3.05) is 0 Å². The molecule has 0 saturated carbocycles. The van der Waals surface area contributed by atoms with Crippen molar-refractivity contribution in [3.05, 3.63) is 6.33 Å². The van der Waals surface area contributed by atoms with E-state index in [1.165, 1.54) is 11.0 Å². The molecule has 1 N–H and O–H groups in total. The topological polar surface area (TPSA) is 72.7 Å². The van der Waals surface area contributed by atoms with E-state index in [0.29, 0.717) is 0 Å². The van der Waals surface area contributed by atoms with E-state index in [0.717, 1.165) is 0 Å². The lowest BCUT2D eigenvalue weighted by atomic mass is 10.3. The molecule has 0 aliphatic rings. The predicted molar refractivity (Wildman–Crippen MR) is 44.3 cm³/mol. The number of amides is 1. The van der Waals surface area contributed by atoms with Crippen molar-refractivity contribution in [3.63, 3.8) is 0 Å². The average molecular weight is 179 g/mol. The van der Waals surface area contributed by atoms with E-state index in [1.54, 1.807) is 6.92 Å². The Bertz CT molecular complexity index is 312. The van der Waals surface area contributed by atoms with Crippen LogP contribution >= 0.6 is 0 Å². The molecule has 1 aromatic rings. The molecular formula is C7H9N5O. The van der Waals surface area contributed by atoms with Crippen LogP contribution in [0.25, 0.3) is 0 Å². The molecule has 1 unspecified atom stereocenters. The molecule has 6 nitrogen and oxygen atoms in total. The van der Waals surface area contributed by atoms with Gasteiger partial charge in [0.05, 0.1) is 6.04 Å². The van der Waals surface area contributed by atoms with E-state index in [9.17, 15) is 4.79 Å². The molecule has 0 aliphatic heterocycles. The molecule has 1 amide bonds. The van der Waals surface area contributed by atoms with Gasteiger partial charge in [0.25, 0.3) is 0 Å².